The molecule has 0 fully saturated rings. The van der Waals surface area contributed by atoms with Crippen molar-refractivity contribution in [3.63, 3.8) is 0 Å². The minimum Gasteiger partial charge on any atom is -0.325 e. The van der Waals surface area contributed by atoms with Crippen LogP contribution in [0.2, 0.25) is 5.02 Å². The summed E-state index contributed by atoms with van der Waals surface area (Å²) in [7, 11) is 0. The van der Waals surface area contributed by atoms with E-state index in [1.807, 2.05) is 45.0 Å². The molecule has 2 aromatic carbocycles. The lowest BCUT2D eigenvalue weighted by atomic mass is 10.1. The topological polar surface area (TPSA) is 72.7 Å². The van der Waals surface area contributed by atoms with E-state index in [2.05, 4.69) is 20.8 Å². The Morgan fingerprint density at radius 1 is 1.15 bits per heavy atom. The van der Waals surface area contributed by atoms with Gasteiger partial charge in [-0.2, -0.15) is 4.68 Å². The second-order valence-electron chi connectivity index (χ2n) is 5.96. The van der Waals surface area contributed by atoms with Gasteiger partial charge in [0, 0.05) is 10.7 Å². The fraction of sp³-hybridized carbons (Fsp3) is 0.222. The highest BCUT2D eigenvalue weighted by atomic mass is 35.5. The number of carbonyl (C=O) groups is 1. The summed E-state index contributed by atoms with van der Waals surface area (Å²) in [4.78, 5) is 12.3. The Balaban J connectivity index is 1.71. The van der Waals surface area contributed by atoms with Gasteiger partial charge in [-0.05, 0) is 66.1 Å². The number of benzene rings is 2. The maximum absolute atomic E-state index is 12.3. The van der Waals surface area contributed by atoms with E-state index in [1.54, 1.807) is 16.8 Å². The van der Waals surface area contributed by atoms with Gasteiger partial charge in [0.05, 0.1) is 11.4 Å². The summed E-state index contributed by atoms with van der Waals surface area (Å²) >= 11 is 7.27. The third-order valence-electron chi connectivity index (χ3n) is 3.84. The number of thioether (sulfide) groups is 1. The lowest BCUT2D eigenvalue weighted by molar-refractivity contribution is -0.113. The normalized spacial score (nSPS) is 10.8. The molecule has 0 saturated carbocycles. The van der Waals surface area contributed by atoms with Crippen LogP contribution in [0.25, 0.3) is 5.69 Å². The first-order valence-corrected chi connectivity index (χ1v) is 9.35. The van der Waals surface area contributed by atoms with Gasteiger partial charge in [0.1, 0.15) is 0 Å². The van der Waals surface area contributed by atoms with Crippen molar-refractivity contribution in [2.75, 3.05) is 11.1 Å². The van der Waals surface area contributed by atoms with Gasteiger partial charge in [-0.3, -0.25) is 4.79 Å². The molecule has 0 aliphatic heterocycles. The molecule has 0 radical (unpaired) electrons. The Hall–Kier alpha value is -2.38. The van der Waals surface area contributed by atoms with E-state index in [9.17, 15) is 4.79 Å². The van der Waals surface area contributed by atoms with Crippen molar-refractivity contribution in [3.8, 4) is 5.69 Å². The van der Waals surface area contributed by atoms with Crippen LogP contribution in [0.5, 0.6) is 0 Å². The van der Waals surface area contributed by atoms with Crippen molar-refractivity contribution >= 4 is 35.0 Å². The number of hydrogen-bond acceptors (Lipinski definition) is 5. The number of nitrogens with zero attached hydrogens (tertiary/aromatic N) is 4. The van der Waals surface area contributed by atoms with Crippen LogP contribution in [0.1, 0.15) is 16.7 Å². The van der Waals surface area contributed by atoms with Crippen molar-refractivity contribution in [1.29, 1.82) is 0 Å². The highest BCUT2D eigenvalue weighted by Crippen LogP contribution is 2.23. The van der Waals surface area contributed by atoms with Crippen LogP contribution in [-0.2, 0) is 4.79 Å². The van der Waals surface area contributed by atoms with Gasteiger partial charge < -0.3 is 5.32 Å². The molecule has 0 atom stereocenters. The van der Waals surface area contributed by atoms with Gasteiger partial charge in [0.2, 0.25) is 11.1 Å². The Labute approximate surface area is 160 Å². The first-order chi connectivity index (χ1) is 12.4. The largest absolute Gasteiger partial charge is 0.325 e. The molecule has 0 spiro atoms. The van der Waals surface area contributed by atoms with Crippen LogP contribution in [0, 0.1) is 20.8 Å². The molecule has 3 rings (SSSR count). The van der Waals surface area contributed by atoms with E-state index in [-0.39, 0.29) is 11.7 Å². The number of hydrogen-bond donors (Lipinski definition) is 1. The molecule has 3 aromatic rings. The second-order valence-corrected chi connectivity index (χ2v) is 7.34. The minimum atomic E-state index is -0.143. The highest BCUT2D eigenvalue weighted by Gasteiger charge is 2.14. The number of aromatic nitrogens is 4. The minimum absolute atomic E-state index is 0.143. The number of rotatable bonds is 5. The summed E-state index contributed by atoms with van der Waals surface area (Å²) in [5.41, 5.74) is 4.74. The maximum Gasteiger partial charge on any atom is 0.234 e. The van der Waals surface area contributed by atoms with Crippen molar-refractivity contribution in [1.82, 2.24) is 20.2 Å². The molecule has 1 heterocycles. The Bertz CT molecular complexity index is 957. The molecule has 6 nitrogen and oxygen atoms in total. The molecule has 0 bridgehead atoms. The Morgan fingerprint density at radius 2 is 1.92 bits per heavy atom. The number of carbonyl (C=O) groups excluding carboxylic acids is 1. The van der Waals surface area contributed by atoms with E-state index in [1.165, 1.54) is 11.8 Å². The molecule has 26 heavy (non-hydrogen) atoms. The summed E-state index contributed by atoms with van der Waals surface area (Å²) in [6.45, 7) is 5.93. The van der Waals surface area contributed by atoms with Crippen LogP contribution < -0.4 is 5.32 Å². The zero-order valence-electron chi connectivity index (χ0n) is 14.7. The fourth-order valence-corrected chi connectivity index (χ4v) is 3.27. The van der Waals surface area contributed by atoms with Crippen LogP contribution in [0.3, 0.4) is 0 Å². The third kappa shape index (κ3) is 4.23. The lowest BCUT2D eigenvalue weighted by Gasteiger charge is -2.10. The van der Waals surface area contributed by atoms with Gasteiger partial charge in [-0.25, -0.2) is 0 Å². The van der Waals surface area contributed by atoms with E-state index in [0.29, 0.717) is 15.9 Å². The first kappa shape index (κ1) is 18.4. The van der Waals surface area contributed by atoms with Gasteiger partial charge in [0.15, 0.2) is 0 Å². The zero-order chi connectivity index (χ0) is 18.7. The summed E-state index contributed by atoms with van der Waals surface area (Å²) in [6.07, 6.45) is 0. The number of nitrogens with one attached hydrogen (secondary N) is 1. The Kier molecular flexibility index (Phi) is 5.58. The van der Waals surface area contributed by atoms with Crippen molar-refractivity contribution < 1.29 is 4.79 Å². The number of tetrazole rings is 1. The molecule has 0 aliphatic rings. The quantitative estimate of drug-likeness (QED) is 0.670. The molecular formula is C18H18ClN5OS. The fourth-order valence-electron chi connectivity index (χ4n) is 2.41. The smallest absolute Gasteiger partial charge is 0.234 e. The maximum atomic E-state index is 12.3. The molecule has 0 unspecified atom stereocenters. The number of anilines is 1. The highest BCUT2D eigenvalue weighted by molar-refractivity contribution is 7.99. The SMILES string of the molecule is Cc1ccc(C)c(-n2nnnc2SCC(=O)Nc2cc(Cl)ccc2C)c1. The van der Waals surface area contributed by atoms with E-state index < -0.39 is 0 Å². The standard InChI is InChI=1S/C18H18ClN5OS/c1-11-4-5-13(3)16(8-11)24-18(21-22-23-24)26-10-17(25)20-15-9-14(19)7-6-12(15)2/h4-9H,10H2,1-3H3,(H,20,25). The predicted molar refractivity (Wildman–Crippen MR) is 104 cm³/mol. The van der Waals surface area contributed by atoms with E-state index >= 15 is 0 Å². The second kappa shape index (κ2) is 7.88. The summed E-state index contributed by atoms with van der Waals surface area (Å²) in [5.74, 6) is 0.0490. The van der Waals surface area contributed by atoms with E-state index in [4.69, 9.17) is 11.6 Å². The molecule has 8 heteroatoms. The molecule has 0 aliphatic carbocycles. The molecule has 0 saturated heterocycles. The summed E-state index contributed by atoms with van der Waals surface area (Å²) in [5, 5.41) is 15.9. The third-order valence-corrected chi connectivity index (χ3v) is 4.99. The molecule has 1 N–H and O–H groups in total. The average Bonchev–Trinajstić information content (AvgIpc) is 3.07. The first-order valence-electron chi connectivity index (χ1n) is 7.99. The van der Waals surface area contributed by atoms with Crippen LogP contribution in [-0.4, -0.2) is 31.9 Å². The van der Waals surface area contributed by atoms with Gasteiger partial charge in [-0.1, -0.05) is 41.6 Å². The van der Waals surface area contributed by atoms with E-state index in [0.717, 1.165) is 22.4 Å². The van der Waals surface area contributed by atoms with Gasteiger partial charge in [0.25, 0.3) is 0 Å². The molecule has 134 valence electrons. The summed E-state index contributed by atoms with van der Waals surface area (Å²) < 4.78 is 1.66. The van der Waals surface area contributed by atoms with Crippen LogP contribution >= 0.6 is 23.4 Å². The van der Waals surface area contributed by atoms with Crippen LogP contribution in [0.15, 0.2) is 41.6 Å². The zero-order valence-corrected chi connectivity index (χ0v) is 16.2. The predicted octanol–water partition coefficient (Wildman–Crippen LogP) is 3.97. The summed E-state index contributed by atoms with van der Waals surface area (Å²) in [6, 6.07) is 11.5. The number of aryl methyl sites for hydroxylation is 3. The van der Waals surface area contributed by atoms with Crippen molar-refractivity contribution in [2.24, 2.45) is 0 Å². The van der Waals surface area contributed by atoms with Crippen molar-refractivity contribution in [2.45, 2.75) is 25.9 Å². The molecular weight excluding hydrogens is 370 g/mol. The monoisotopic (exact) mass is 387 g/mol. The molecule has 1 aromatic heterocycles. The number of halogens is 1. The van der Waals surface area contributed by atoms with Crippen molar-refractivity contribution in [3.05, 3.63) is 58.1 Å². The Morgan fingerprint density at radius 3 is 2.73 bits per heavy atom. The van der Waals surface area contributed by atoms with Crippen LogP contribution in [0.4, 0.5) is 5.69 Å². The average molecular weight is 388 g/mol. The lowest BCUT2D eigenvalue weighted by Crippen LogP contribution is -2.15. The number of amides is 1. The molecule has 1 amide bonds. The van der Waals surface area contributed by atoms with Gasteiger partial charge >= 0.3 is 0 Å². The van der Waals surface area contributed by atoms with Gasteiger partial charge in [-0.15, -0.1) is 5.10 Å².